The summed E-state index contributed by atoms with van der Waals surface area (Å²) in [7, 11) is 2.05. The molecule has 0 unspecified atom stereocenters. The lowest BCUT2D eigenvalue weighted by Crippen LogP contribution is -2.35. The largest absolute Gasteiger partial charge is 0.355 e. The summed E-state index contributed by atoms with van der Waals surface area (Å²) in [6.45, 7) is 1.83. The van der Waals surface area contributed by atoms with Crippen LogP contribution in [0.4, 0.5) is 11.6 Å². The second-order valence-electron chi connectivity index (χ2n) is 5.95. The van der Waals surface area contributed by atoms with Crippen LogP contribution in [0.15, 0.2) is 36.9 Å². The molecule has 3 aromatic rings. The summed E-state index contributed by atoms with van der Waals surface area (Å²) in [5.41, 5.74) is 1.45. The molecule has 1 saturated heterocycles. The molecule has 0 aromatic carbocycles. The van der Waals surface area contributed by atoms with Crippen molar-refractivity contribution in [2.75, 3.05) is 29.9 Å². The molecule has 4 rings (SSSR count). The Balaban J connectivity index is 1.53. The van der Waals surface area contributed by atoms with E-state index >= 15 is 0 Å². The number of H-pyrrole nitrogens is 1. The fourth-order valence-corrected chi connectivity index (χ4v) is 3.21. The molecule has 4 heterocycles. The Bertz CT molecular complexity index is 893. The first kappa shape index (κ1) is 14.5. The van der Waals surface area contributed by atoms with Crippen molar-refractivity contribution >= 4 is 22.7 Å². The third kappa shape index (κ3) is 2.42. The van der Waals surface area contributed by atoms with Gasteiger partial charge in [0.25, 0.3) is 0 Å². The monoisotopic (exact) mass is 319 g/mol. The lowest BCUT2D eigenvalue weighted by atomic mass is 10.2. The van der Waals surface area contributed by atoms with Gasteiger partial charge in [-0.3, -0.25) is 0 Å². The summed E-state index contributed by atoms with van der Waals surface area (Å²) in [6.07, 6.45) is 6.15. The molecule has 0 saturated carbocycles. The molecule has 0 aliphatic carbocycles. The second kappa shape index (κ2) is 5.81. The Morgan fingerprint density at radius 2 is 2.21 bits per heavy atom. The van der Waals surface area contributed by atoms with Crippen molar-refractivity contribution in [2.24, 2.45) is 0 Å². The smallest absolute Gasteiger partial charge is 0.142 e. The van der Waals surface area contributed by atoms with E-state index in [0.29, 0.717) is 11.6 Å². The minimum Gasteiger partial charge on any atom is -0.355 e. The van der Waals surface area contributed by atoms with Crippen molar-refractivity contribution in [3.63, 3.8) is 0 Å². The first-order valence-corrected chi connectivity index (χ1v) is 7.88. The Labute approximate surface area is 139 Å². The Morgan fingerprint density at radius 1 is 1.29 bits per heavy atom. The van der Waals surface area contributed by atoms with Crippen molar-refractivity contribution in [3.05, 3.63) is 42.5 Å². The number of hydrogen-bond donors (Lipinski definition) is 1. The average Bonchev–Trinajstić information content (AvgIpc) is 3.30. The van der Waals surface area contributed by atoms with Crippen molar-refractivity contribution < 1.29 is 0 Å². The standard InChI is InChI=1S/C17H17N7/c1-23(15-3-2-12(8-18)9-20-15)13-5-7-24(10-13)17-14-4-6-19-16(14)21-11-22-17/h2-4,6,9,11,13H,5,7,10H2,1H3,(H,19,21,22)/t13-/m0/s1. The van der Waals surface area contributed by atoms with Gasteiger partial charge in [0.15, 0.2) is 0 Å². The topological polar surface area (TPSA) is 84.7 Å². The average molecular weight is 319 g/mol. The zero-order valence-electron chi connectivity index (χ0n) is 13.3. The van der Waals surface area contributed by atoms with Crippen LogP contribution in [0.1, 0.15) is 12.0 Å². The van der Waals surface area contributed by atoms with Crippen LogP contribution in [0.5, 0.6) is 0 Å². The normalized spacial score (nSPS) is 17.2. The maximum absolute atomic E-state index is 8.88. The third-order valence-electron chi connectivity index (χ3n) is 4.58. The van der Waals surface area contributed by atoms with Gasteiger partial charge in [-0.15, -0.1) is 0 Å². The number of likely N-dealkylation sites (N-methyl/N-ethyl adjacent to an activating group) is 1. The van der Waals surface area contributed by atoms with Crippen LogP contribution in [-0.2, 0) is 0 Å². The number of hydrogen-bond acceptors (Lipinski definition) is 6. The molecule has 1 aliphatic heterocycles. The zero-order valence-corrected chi connectivity index (χ0v) is 13.3. The molecule has 24 heavy (non-hydrogen) atoms. The summed E-state index contributed by atoms with van der Waals surface area (Å²) in [5.74, 6) is 1.86. The predicted molar refractivity (Wildman–Crippen MR) is 91.9 cm³/mol. The van der Waals surface area contributed by atoms with E-state index in [1.54, 1.807) is 18.6 Å². The molecule has 120 valence electrons. The predicted octanol–water partition coefficient (Wildman–Crippen LogP) is 1.94. The first-order chi connectivity index (χ1) is 11.8. The van der Waals surface area contributed by atoms with Crippen LogP contribution in [-0.4, -0.2) is 46.1 Å². The number of fused-ring (bicyclic) bond motifs is 1. The molecule has 0 amide bonds. The number of nitrogens with zero attached hydrogens (tertiary/aromatic N) is 6. The molecule has 1 N–H and O–H groups in total. The van der Waals surface area contributed by atoms with Crippen molar-refractivity contribution in [1.82, 2.24) is 19.9 Å². The van der Waals surface area contributed by atoms with E-state index < -0.39 is 0 Å². The molecule has 7 nitrogen and oxygen atoms in total. The van der Waals surface area contributed by atoms with E-state index in [1.165, 1.54) is 0 Å². The lowest BCUT2D eigenvalue weighted by molar-refractivity contribution is 0.684. The Kier molecular flexibility index (Phi) is 3.50. The molecule has 3 aromatic heterocycles. The van der Waals surface area contributed by atoms with Crippen LogP contribution in [0.25, 0.3) is 11.0 Å². The van der Waals surface area contributed by atoms with E-state index in [9.17, 15) is 0 Å². The van der Waals surface area contributed by atoms with Gasteiger partial charge in [-0.2, -0.15) is 5.26 Å². The summed E-state index contributed by atoms with van der Waals surface area (Å²) < 4.78 is 0. The minimum atomic E-state index is 0.356. The van der Waals surface area contributed by atoms with Gasteiger partial charge in [0.1, 0.15) is 29.7 Å². The van der Waals surface area contributed by atoms with Gasteiger partial charge < -0.3 is 14.8 Å². The highest BCUT2D eigenvalue weighted by Crippen LogP contribution is 2.27. The van der Waals surface area contributed by atoms with Gasteiger partial charge in [-0.25, -0.2) is 15.0 Å². The highest BCUT2D eigenvalue weighted by Gasteiger charge is 2.28. The van der Waals surface area contributed by atoms with Crippen LogP contribution in [0.2, 0.25) is 0 Å². The lowest BCUT2D eigenvalue weighted by Gasteiger charge is -2.26. The summed E-state index contributed by atoms with van der Waals surface area (Å²) >= 11 is 0. The van der Waals surface area contributed by atoms with E-state index in [2.05, 4.69) is 42.9 Å². The highest BCUT2D eigenvalue weighted by molar-refractivity contribution is 5.87. The maximum atomic E-state index is 8.88. The number of aromatic amines is 1. The van der Waals surface area contributed by atoms with Crippen molar-refractivity contribution in [2.45, 2.75) is 12.5 Å². The van der Waals surface area contributed by atoms with E-state index in [0.717, 1.165) is 42.2 Å². The Hall–Kier alpha value is -3.14. The molecule has 0 radical (unpaired) electrons. The Morgan fingerprint density at radius 3 is 3.00 bits per heavy atom. The minimum absolute atomic E-state index is 0.356. The molecule has 0 bridgehead atoms. The van der Waals surface area contributed by atoms with Crippen molar-refractivity contribution in [1.29, 1.82) is 5.26 Å². The van der Waals surface area contributed by atoms with Gasteiger partial charge in [0, 0.05) is 38.6 Å². The first-order valence-electron chi connectivity index (χ1n) is 7.88. The van der Waals surface area contributed by atoms with Crippen LogP contribution in [0.3, 0.4) is 0 Å². The molecule has 1 atom stereocenters. The molecule has 0 spiro atoms. The second-order valence-corrected chi connectivity index (χ2v) is 5.95. The van der Waals surface area contributed by atoms with Gasteiger partial charge in [0.05, 0.1) is 10.9 Å². The number of aromatic nitrogens is 4. The highest BCUT2D eigenvalue weighted by atomic mass is 15.3. The summed E-state index contributed by atoms with van der Waals surface area (Å²) in [5, 5.41) is 9.94. The van der Waals surface area contributed by atoms with E-state index in [-0.39, 0.29) is 0 Å². The fourth-order valence-electron chi connectivity index (χ4n) is 3.21. The van der Waals surface area contributed by atoms with Crippen LogP contribution in [0, 0.1) is 11.3 Å². The van der Waals surface area contributed by atoms with Gasteiger partial charge in [-0.05, 0) is 24.6 Å². The number of anilines is 2. The number of nitriles is 1. The molecular weight excluding hydrogens is 302 g/mol. The summed E-state index contributed by atoms with van der Waals surface area (Å²) in [6, 6.07) is 8.18. The van der Waals surface area contributed by atoms with Gasteiger partial charge in [-0.1, -0.05) is 0 Å². The number of rotatable bonds is 3. The van der Waals surface area contributed by atoms with Gasteiger partial charge in [0.2, 0.25) is 0 Å². The molecule has 1 fully saturated rings. The van der Waals surface area contributed by atoms with E-state index in [1.807, 2.05) is 18.3 Å². The van der Waals surface area contributed by atoms with Crippen LogP contribution < -0.4 is 9.80 Å². The summed E-state index contributed by atoms with van der Waals surface area (Å²) in [4.78, 5) is 20.7. The fraction of sp³-hybridized carbons (Fsp3) is 0.294. The number of pyridine rings is 1. The van der Waals surface area contributed by atoms with E-state index in [4.69, 9.17) is 5.26 Å². The van der Waals surface area contributed by atoms with Gasteiger partial charge >= 0.3 is 0 Å². The zero-order chi connectivity index (χ0) is 16.5. The maximum Gasteiger partial charge on any atom is 0.142 e. The number of nitrogens with one attached hydrogen (secondary N) is 1. The molecular formula is C17H17N7. The third-order valence-corrected chi connectivity index (χ3v) is 4.58. The van der Waals surface area contributed by atoms with Crippen LogP contribution >= 0.6 is 0 Å². The SMILES string of the molecule is CN(c1ccc(C#N)cn1)[C@H]1CCN(c2ncnc3[nH]ccc23)C1. The molecule has 1 aliphatic rings. The molecule has 7 heteroatoms. The van der Waals surface area contributed by atoms with Crippen molar-refractivity contribution in [3.8, 4) is 6.07 Å². The quantitative estimate of drug-likeness (QED) is 0.794.